The number of fused-ring (bicyclic) bond motifs is 3. The average molecular weight is 411 g/mol. The highest BCUT2D eigenvalue weighted by atomic mass is 32.1. The first-order valence-corrected chi connectivity index (χ1v) is 11.6. The molecule has 3 heteroatoms. The molecular formula is C26H31FOS. The summed E-state index contributed by atoms with van der Waals surface area (Å²) in [6, 6.07) is 10.3. The lowest BCUT2D eigenvalue weighted by Gasteiger charge is -2.29. The fourth-order valence-corrected chi connectivity index (χ4v) is 5.23. The van der Waals surface area contributed by atoms with Gasteiger partial charge >= 0.3 is 0 Å². The van der Waals surface area contributed by atoms with Crippen LogP contribution in [0.3, 0.4) is 0 Å². The van der Waals surface area contributed by atoms with E-state index in [1.54, 1.807) is 6.92 Å². The maximum absolute atomic E-state index is 14.5. The van der Waals surface area contributed by atoms with Gasteiger partial charge in [-0.25, -0.2) is 4.39 Å². The molecule has 3 aromatic rings. The molecular weight excluding hydrogens is 379 g/mol. The van der Waals surface area contributed by atoms with Gasteiger partial charge in [-0.15, -0.1) is 0 Å². The van der Waals surface area contributed by atoms with Crippen LogP contribution in [0, 0.1) is 23.4 Å². The molecule has 0 spiro atoms. The van der Waals surface area contributed by atoms with Gasteiger partial charge in [-0.05, 0) is 79.2 Å². The molecule has 154 valence electrons. The monoisotopic (exact) mass is 410 g/mol. The van der Waals surface area contributed by atoms with Crippen LogP contribution in [0.25, 0.3) is 21.7 Å². The normalized spacial score (nSPS) is 19.8. The number of halogens is 1. The lowest BCUT2D eigenvalue weighted by atomic mass is 9.77. The first-order chi connectivity index (χ1) is 14.1. The standard InChI is InChI=1S/C26H31FOS/c1-3-4-5-6-7-18-9-11-19(12-10-18)20-13-15-21-22-14-8-17(2)24(27)25(22)28-26(29)23(21)16-20/h8,13-16,18-19H,3-7,9-12H2,1-2H3. The van der Waals surface area contributed by atoms with E-state index >= 15 is 0 Å². The molecule has 0 aliphatic heterocycles. The van der Waals surface area contributed by atoms with Crippen LogP contribution in [-0.4, -0.2) is 0 Å². The van der Waals surface area contributed by atoms with Crippen LogP contribution < -0.4 is 0 Å². The fraction of sp³-hybridized carbons (Fsp3) is 0.500. The number of unbranched alkanes of at least 4 members (excludes halogenated alkanes) is 3. The summed E-state index contributed by atoms with van der Waals surface area (Å²) in [6.07, 6.45) is 12.1. The molecule has 0 bridgehead atoms. The van der Waals surface area contributed by atoms with Crippen molar-refractivity contribution in [3.63, 3.8) is 0 Å². The van der Waals surface area contributed by atoms with E-state index in [1.807, 2.05) is 12.1 Å². The van der Waals surface area contributed by atoms with E-state index in [0.717, 1.165) is 22.1 Å². The van der Waals surface area contributed by atoms with Crippen LogP contribution in [0.5, 0.6) is 0 Å². The fourth-order valence-electron chi connectivity index (χ4n) is 4.98. The molecule has 1 heterocycles. The van der Waals surface area contributed by atoms with Gasteiger partial charge in [0.2, 0.25) is 0 Å². The predicted octanol–water partition coefficient (Wildman–Crippen LogP) is 9.01. The lowest BCUT2D eigenvalue weighted by Crippen LogP contribution is -2.13. The van der Waals surface area contributed by atoms with Crippen molar-refractivity contribution in [2.24, 2.45) is 5.92 Å². The molecule has 29 heavy (non-hydrogen) atoms. The Hall–Kier alpha value is -1.74. The van der Waals surface area contributed by atoms with Gasteiger partial charge in [0.15, 0.2) is 16.1 Å². The Morgan fingerprint density at radius 3 is 2.48 bits per heavy atom. The van der Waals surface area contributed by atoms with Gasteiger partial charge < -0.3 is 4.42 Å². The number of hydrogen-bond acceptors (Lipinski definition) is 2. The Kier molecular flexibility index (Phi) is 6.34. The maximum atomic E-state index is 14.5. The van der Waals surface area contributed by atoms with Gasteiger partial charge in [0.1, 0.15) is 0 Å². The van der Waals surface area contributed by atoms with E-state index < -0.39 is 0 Å². The Morgan fingerprint density at radius 1 is 0.966 bits per heavy atom. The molecule has 1 aliphatic rings. The number of benzene rings is 2. The molecule has 0 atom stereocenters. The third-order valence-electron chi connectivity index (χ3n) is 6.82. The van der Waals surface area contributed by atoms with Crippen LogP contribution in [0.2, 0.25) is 0 Å². The van der Waals surface area contributed by atoms with Crippen LogP contribution in [0.4, 0.5) is 4.39 Å². The zero-order valence-electron chi connectivity index (χ0n) is 17.6. The summed E-state index contributed by atoms with van der Waals surface area (Å²) in [5.41, 5.74) is 2.21. The molecule has 1 fully saturated rings. The Labute approximate surface area is 178 Å². The van der Waals surface area contributed by atoms with E-state index in [4.69, 9.17) is 16.6 Å². The minimum Gasteiger partial charge on any atom is -0.441 e. The first kappa shape index (κ1) is 20.5. The zero-order valence-corrected chi connectivity index (χ0v) is 18.4. The van der Waals surface area contributed by atoms with Crippen molar-refractivity contribution >= 4 is 34.0 Å². The Balaban J connectivity index is 1.54. The van der Waals surface area contributed by atoms with Crippen molar-refractivity contribution in [1.82, 2.24) is 0 Å². The molecule has 0 N–H and O–H groups in total. The lowest BCUT2D eigenvalue weighted by molar-refractivity contribution is 0.302. The van der Waals surface area contributed by atoms with Crippen LogP contribution in [-0.2, 0) is 0 Å². The molecule has 1 nitrogen and oxygen atoms in total. The van der Waals surface area contributed by atoms with Gasteiger partial charge in [-0.2, -0.15) is 0 Å². The van der Waals surface area contributed by atoms with Gasteiger partial charge in [0.05, 0.1) is 0 Å². The van der Waals surface area contributed by atoms with Crippen molar-refractivity contribution in [2.45, 2.75) is 77.6 Å². The van der Waals surface area contributed by atoms with E-state index in [0.29, 0.717) is 16.2 Å². The summed E-state index contributed by atoms with van der Waals surface area (Å²) in [5.74, 6) is 1.20. The maximum Gasteiger partial charge on any atom is 0.198 e. The highest BCUT2D eigenvalue weighted by molar-refractivity contribution is 7.71. The topological polar surface area (TPSA) is 13.1 Å². The van der Waals surface area contributed by atoms with Gasteiger partial charge in [0.25, 0.3) is 0 Å². The van der Waals surface area contributed by atoms with Crippen molar-refractivity contribution < 1.29 is 8.81 Å². The van der Waals surface area contributed by atoms with E-state index in [9.17, 15) is 4.39 Å². The van der Waals surface area contributed by atoms with E-state index in [-0.39, 0.29) is 11.4 Å². The molecule has 1 aliphatic carbocycles. The number of hydrogen-bond donors (Lipinski definition) is 0. The van der Waals surface area contributed by atoms with Crippen LogP contribution in [0.1, 0.15) is 81.8 Å². The average Bonchev–Trinajstić information content (AvgIpc) is 2.75. The summed E-state index contributed by atoms with van der Waals surface area (Å²) >= 11 is 5.50. The highest BCUT2D eigenvalue weighted by Gasteiger charge is 2.23. The smallest absolute Gasteiger partial charge is 0.198 e. The second kappa shape index (κ2) is 8.95. The largest absolute Gasteiger partial charge is 0.441 e. The van der Waals surface area contributed by atoms with Gasteiger partial charge in [-0.3, -0.25) is 0 Å². The van der Waals surface area contributed by atoms with Crippen molar-refractivity contribution in [3.05, 3.63) is 52.0 Å². The number of aryl methyl sites for hydroxylation is 1. The van der Waals surface area contributed by atoms with E-state index in [2.05, 4.69) is 25.1 Å². The van der Waals surface area contributed by atoms with Crippen LogP contribution >= 0.6 is 12.2 Å². The number of rotatable bonds is 6. The minimum atomic E-state index is -0.308. The summed E-state index contributed by atoms with van der Waals surface area (Å²) in [7, 11) is 0. The molecule has 0 unspecified atom stereocenters. The molecule has 0 amide bonds. The molecule has 0 radical (unpaired) electrons. The molecule has 1 saturated carbocycles. The highest BCUT2D eigenvalue weighted by Crippen LogP contribution is 2.39. The molecule has 4 rings (SSSR count). The van der Waals surface area contributed by atoms with Crippen molar-refractivity contribution in [2.75, 3.05) is 0 Å². The molecule has 0 saturated heterocycles. The Bertz CT molecular complexity index is 1060. The van der Waals surface area contributed by atoms with Crippen molar-refractivity contribution in [3.8, 4) is 0 Å². The quantitative estimate of drug-likeness (QED) is 0.228. The van der Waals surface area contributed by atoms with Gasteiger partial charge in [-0.1, -0.05) is 63.3 Å². The summed E-state index contributed by atoms with van der Waals surface area (Å²) in [6.45, 7) is 4.03. The molecule has 2 aromatic carbocycles. The second-order valence-corrected chi connectivity index (χ2v) is 9.21. The summed E-state index contributed by atoms with van der Waals surface area (Å²) in [4.78, 5) is 0. The third-order valence-corrected chi connectivity index (χ3v) is 7.13. The minimum absolute atomic E-state index is 0.277. The SMILES string of the molecule is CCCCCCC1CCC(c2ccc3c(c2)c(=S)oc2c(F)c(C)ccc23)CC1. The van der Waals surface area contributed by atoms with E-state index in [1.165, 1.54) is 63.4 Å². The predicted molar refractivity (Wildman–Crippen MR) is 123 cm³/mol. The summed E-state index contributed by atoms with van der Waals surface area (Å²) < 4.78 is 20.6. The Morgan fingerprint density at radius 2 is 1.72 bits per heavy atom. The molecule has 1 aromatic heterocycles. The van der Waals surface area contributed by atoms with Gasteiger partial charge in [0, 0.05) is 10.8 Å². The first-order valence-electron chi connectivity index (χ1n) is 11.2. The second-order valence-electron chi connectivity index (χ2n) is 8.83. The third kappa shape index (κ3) is 4.26. The summed E-state index contributed by atoms with van der Waals surface area (Å²) in [5, 5.41) is 2.73. The zero-order chi connectivity index (χ0) is 20.4. The van der Waals surface area contributed by atoms with Crippen LogP contribution in [0.15, 0.2) is 34.7 Å². The van der Waals surface area contributed by atoms with Crippen molar-refractivity contribution in [1.29, 1.82) is 0 Å².